The van der Waals surface area contributed by atoms with Crippen LogP contribution in [0, 0.1) is 0 Å². The molecule has 1 fully saturated rings. The van der Waals surface area contributed by atoms with Gasteiger partial charge in [-0.1, -0.05) is 18.2 Å². The van der Waals surface area contributed by atoms with E-state index in [4.69, 9.17) is 4.74 Å². The van der Waals surface area contributed by atoms with Crippen LogP contribution in [-0.4, -0.2) is 43.8 Å². The number of sulfonamides is 1. The van der Waals surface area contributed by atoms with Gasteiger partial charge in [0.1, 0.15) is 0 Å². The summed E-state index contributed by atoms with van der Waals surface area (Å²) < 4.78 is 31.4. The van der Waals surface area contributed by atoms with Crippen molar-refractivity contribution in [1.82, 2.24) is 4.31 Å². The highest BCUT2D eigenvalue weighted by Crippen LogP contribution is 2.22. The van der Waals surface area contributed by atoms with Crippen molar-refractivity contribution in [2.45, 2.75) is 37.7 Å². The van der Waals surface area contributed by atoms with Crippen molar-refractivity contribution < 1.29 is 22.7 Å². The highest BCUT2D eigenvalue weighted by Gasteiger charge is 2.27. The van der Waals surface area contributed by atoms with E-state index in [1.54, 1.807) is 12.2 Å². The molecule has 1 aromatic rings. The van der Waals surface area contributed by atoms with Crippen molar-refractivity contribution in [2.75, 3.05) is 18.4 Å². The van der Waals surface area contributed by atoms with Crippen molar-refractivity contribution >= 4 is 27.6 Å². The molecule has 1 atom stereocenters. The number of hydrogen-bond donors (Lipinski definition) is 1. The van der Waals surface area contributed by atoms with Crippen LogP contribution >= 0.6 is 0 Å². The zero-order chi connectivity index (χ0) is 19.9. The van der Waals surface area contributed by atoms with Crippen LogP contribution in [0.25, 0.3) is 0 Å². The van der Waals surface area contributed by atoms with E-state index in [0.717, 1.165) is 12.8 Å². The highest BCUT2D eigenvalue weighted by atomic mass is 32.2. The number of amides is 1. The summed E-state index contributed by atoms with van der Waals surface area (Å²) in [6.45, 7) is 4.34. The minimum absolute atomic E-state index is 0.191. The fourth-order valence-electron chi connectivity index (χ4n) is 2.54. The Morgan fingerprint density at radius 1 is 1.15 bits per heavy atom. The van der Waals surface area contributed by atoms with Crippen LogP contribution < -0.4 is 5.32 Å². The molecular weight excluding hydrogens is 368 g/mol. The van der Waals surface area contributed by atoms with Gasteiger partial charge in [-0.2, -0.15) is 4.31 Å². The largest absolute Gasteiger partial charge is 0.449 e. The summed E-state index contributed by atoms with van der Waals surface area (Å²) in [4.78, 5) is 23.9. The molecule has 0 radical (unpaired) electrons. The molecule has 0 unspecified atom stereocenters. The molecule has 0 aliphatic carbocycles. The predicted octanol–water partition coefficient (Wildman–Crippen LogP) is 2.47. The molecule has 2 rings (SSSR count). The number of carbonyl (C=O) groups is 2. The van der Waals surface area contributed by atoms with Gasteiger partial charge in [0, 0.05) is 24.9 Å². The number of esters is 1. The number of nitrogens with zero attached hydrogens (tertiary/aromatic N) is 1. The van der Waals surface area contributed by atoms with Crippen molar-refractivity contribution in [3.63, 3.8) is 0 Å². The first-order valence-electron chi connectivity index (χ1n) is 8.75. The molecule has 1 amide bonds. The van der Waals surface area contributed by atoms with Gasteiger partial charge in [-0.25, -0.2) is 13.2 Å². The Labute approximate surface area is 159 Å². The first-order chi connectivity index (χ1) is 12.8. The van der Waals surface area contributed by atoms with Gasteiger partial charge in [-0.15, -0.1) is 0 Å². The Kier molecular flexibility index (Phi) is 7.32. The Balaban J connectivity index is 1.95. The van der Waals surface area contributed by atoms with Gasteiger partial charge in [0.15, 0.2) is 6.10 Å². The fraction of sp³-hybridized carbons (Fsp3) is 0.368. The van der Waals surface area contributed by atoms with Crippen LogP contribution in [0.3, 0.4) is 0 Å². The minimum atomic E-state index is -3.49. The first kappa shape index (κ1) is 20.9. The van der Waals surface area contributed by atoms with Crippen molar-refractivity contribution in [3.05, 3.63) is 48.6 Å². The first-order valence-corrected chi connectivity index (χ1v) is 10.2. The van der Waals surface area contributed by atoms with Crippen LogP contribution in [-0.2, 0) is 24.3 Å². The molecule has 1 N–H and O–H groups in total. The van der Waals surface area contributed by atoms with Gasteiger partial charge in [0.05, 0.1) is 4.90 Å². The molecule has 0 spiro atoms. The zero-order valence-electron chi connectivity index (χ0n) is 15.4. The Morgan fingerprint density at radius 3 is 2.37 bits per heavy atom. The molecule has 0 aromatic heterocycles. The van der Waals surface area contributed by atoms with Crippen LogP contribution in [0.2, 0.25) is 0 Å². The molecule has 27 heavy (non-hydrogen) atoms. The number of rotatable bonds is 7. The van der Waals surface area contributed by atoms with Crippen molar-refractivity contribution in [1.29, 1.82) is 0 Å². The summed E-state index contributed by atoms with van der Waals surface area (Å²) in [6, 6.07) is 5.95. The molecular formula is C19H24N2O5S. The van der Waals surface area contributed by atoms with E-state index in [0.29, 0.717) is 18.8 Å². The molecule has 0 saturated carbocycles. The average molecular weight is 392 g/mol. The van der Waals surface area contributed by atoms with Crippen LogP contribution in [0.15, 0.2) is 53.5 Å². The monoisotopic (exact) mass is 392 g/mol. The highest BCUT2D eigenvalue weighted by molar-refractivity contribution is 7.89. The molecule has 8 heteroatoms. The van der Waals surface area contributed by atoms with Gasteiger partial charge < -0.3 is 10.1 Å². The molecule has 1 saturated heterocycles. The third-order valence-electron chi connectivity index (χ3n) is 4.02. The second-order valence-corrected chi connectivity index (χ2v) is 8.03. The maximum Gasteiger partial charge on any atom is 0.331 e. The number of hydrogen-bond acceptors (Lipinski definition) is 5. The fourth-order valence-corrected chi connectivity index (χ4v) is 4.06. The van der Waals surface area contributed by atoms with Gasteiger partial charge in [-0.3, -0.25) is 4.79 Å². The second-order valence-electron chi connectivity index (χ2n) is 6.09. The average Bonchev–Trinajstić information content (AvgIpc) is 3.18. The SMILES string of the molecule is C/C=C/C=C/C(=O)O[C@@H](C)C(=O)Nc1ccc(S(=O)(=O)N2CCCC2)cc1. The normalized spacial score (nSPS) is 16.7. The molecule has 0 bridgehead atoms. The van der Waals surface area contributed by atoms with Crippen molar-refractivity contribution in [2.24, 2.45) is 0 Å². The summed E-state index contributed by atoms with van der Waals surface area (Å²) in [6.07, 6.45) is 6.92. The Hall–Kier alpha value is -2.45. The Morgan fingerprint density at radius 2 is 1.78 bits per heavy atom. The van der Waals surface area contributed by atoms with Gasteiger partial charge >= 0.3 is 5.97 Å². The lowest BCUT2D eigenvalue weighted by Crippen LogP contribution is -2.29. The van der Waals surface area contributed by atoms with Gasteiger partial charge in [0.25, 0.3) is 5.91 Å². The second kappa shape index (κ2) is 9.48. The van der Waals surface area contributed by atoms with E-state index in [-0.39, 0.29) is 4.90 Å². The van der Waals surface area contributed by atoms with E-state index in [1.165, 1.54) is 47.6 Å². The maximum atomic E-state index is 12.5. The number of benzene rings is 1. The van der Waals surface area contributed by atoms with E-state index in [9.17, 15) is 18.0 Å². The van der Waals surface area contributed by atoms with Crippen LogP contribution in [0.1, 0.15) is 26.7 Å². The maximum absolute atomic E-state index is 12.5. The number of carbonyl (C=O) groups excluding carboxylic acids is 2. The summed E-state index contributed by atoms with van der Waals surface area (Å²) in [7, 11) is -3.49. The third kappa shape index (κ3) is 5.77. The van der Waals surface area contributed by atoms with Crippen LogP contribution in [0.5, 0.6) is 0 Å². The molecule has 146 valence electrons. The number of allylic oxidation sites excluding steroid dienone is 3. The molecule has 1 aromatic carbocycles. The summed E-state index contributed by atoms with van der Waals surface area (Å²) in [5.41, 5.74) is 0.424. The minimum Gasteiger partial charge on any atom is -0.449 e. The number of anilines is 1. The standard InChI is InChI=1S/C19H24N2O5S/c1-3-4-5-8-18(22)26-15(2)19(23)20-16-9-11-17(12-10-16)27(24,25)21-13-6-7-14-21/h3-5,8-12,15H,6-7,13-14H2,1-2H3,(H,20,23)/b4-3+,8-5+/t15-/m0/s1. The number of ether oxygens (including phenoxy) is 1. The van der Waals surface area contributed by atoms with Crippen molar-refractivity contribution in [3.8, 4) is 0 Å². The van der Waals surface area contributed by atoms with Crippen LogP contribution in [0.4, 0.5) is 5.69 Å². The smallest absolute Gasteiger partial charge is 0.331 e. The summed E-state index contributed by atoms with van der Waals surface area (Å²) >= 11 is 0. The van der Waals surface area contributed by atoms with Gasteiger partial charge in [-0.05, 0) is 51.0 Å². The van der Waals surface area contributed by atoms with E-state index in [1.807, 2.05) is 6.92 Å². The predicted molar refractivity (Wildman–Crippen MR) is 103 cm³/mol. The summed E-state index contributed by atoms with van der Waals surface area (Å²) in [5.74, 6) is -1.12. The third-order valence-corrected chi connectivity index (χ3v) is 5.94. The molecule has 1 aliphatic rings. The van der Waals surface area contributed by atoms with E-state index < -0.39 is 28.0 Å². The topological polar surface area (TPSA) is 92.8 Å². The van der Waals surface area contributed by atoms with E-state index >= 15 is 0 Å². The number of nitrogens with one attached hydrogen (secondary N) is 1. The lowest BCUT2D eigenvalue weighted by molar-refractivity contribution is -0.148. The molecule has 7 nitrogen and oxygen atoms in total. The van der Waals surface area contributed by atoms with E-state index in [2.05, 4.69) is 5.32 Å². The quantitative estimate of drug-likeness (QED) is 0.437. The zero-order valence-corrected chi connectivity index (χ0v) is 16.2. The Bertz CT molecular complexity index is 822. The summed E-state index contributed by atoms with van der Waals surface area (Å²) in [5, 5.41) is 2.60. The molecule has 1 aliphatic heterocycles. The molecule has 1 heterocycles. The lowest BCUT2D eigenvalue weighted by atomic mass is 10.3. The van der Waals surface area contributed by atoms with Gasteiger partial charge in [0.2, 0.25) is 10.0 Å². The lowest BCUT2D eigenvalue weighted by Gasteiger charge is -2.16.